The molecule has 1 unspecified atom stereocenters. The molecule has 0 saturated heterocycles. The lowest BCUT2D eigenvalue weighted by Crippen LogP contribution is -2.39. The van der Waals surface area contributed by atoms with Crippen molar-refractivity contribution in [1.29, 1.82) is 0 Å². The molecule has 1 aromatic heterocycles. The van der Waals surface area contributed by atoms with Gasteiger partial charge in [0, 0.05) is 18.3 Å². The van der Waals surface area contributed by atoms with Crippen molar-refractivity contribution in [3.8, 4) is 0 Å². The molecular weight excluding hydrogens is 274 g/mol. The zero-order valence-electron chi connectivity index (χ0n) is 11.0. The average Bonchev–Trinajstić information content (AvgIpc) is 3.12. The van der Waals surface area contributed by atoms with Gasteiger partial charge in [0.2, 0.25) is 0 Å². The summed E-state index contributed by atoms with van der Waals surface area (Å²) >= 11 is 0. The van der Waals surface area contributed by atoms with E-state index in [1.54, 1.807) is 30.3 Å². The topological polar surface area (TPSA) is 95.7 Å². The molecule has 1 aliphatic heterocycles. The van der Waals surface area contributed by atoms with Gasteiger partial charge in [0.05, 0.1) is 12.7 Å². The van der Waals surface area contributed by atoms with Gasteiger partial charge >= 0.3 is 12.0 Å². The van der Waals surface area contributed by atoms with Gasteiger partial charge < -0.3 is 14.9 Å². The fourth-order valence-corrected chi connectivity index (χ4v) is 2.40. The number of urea groups is 1. The van der Waals surface area contributed by atoms with Crippen LogP contribution in [0, 0.1) is 0 Å². The van der Waals surface area contributed by atoms with Crippen molar-refractivity contribution >= 4 is 17.7 Å². The Morgan fingerprint density at radius 1 is 1.38 bits per heavy atom. The summed E-state index contributed by atoms with van der Waals surface area (Å²) in [6.45, 7) is 0.326. The number of fused-ring (bicyclic) bond motifs is 1. The molecule has 2 amide bonds. The van der Waals surface area contributed by atoms with Crippen LogP contribution in [0.3, 0.4) is 0 Å². The summed E-state index contributed by atoms with van der Waals surface area (Å²) in [5, 5.41) is 15.5. The third kappa shape index (κ3) is 2.45. The number of nitrogens with zero attached hydrogens (tertiary/aromatic N) is 2. The van der Waals surface area contributed by atoms with Crippen LogP contribution in [-0.2, 0) is 11.3 Å². The molecule has 0 spiro atoms. The van der Waals surface area contributed by atoms with E-state index in [1.165, 1.54) is 11.1 Å². The van der Waals surface area contributed by atoms with E-state index in [9.17, 15) is 14.7 Å². The van der Waals surface area contributed by atoms with E-state index in [4.69, 9.17) is 4.52 Å². The van der Waals surface area contributed by atoms with Crippen molar-refractivity contribution in [3.05, 3.63) is 47.9 Å². The Labute approximate surface area is 120 Å². The second-order valence-electron chi connectivity index (χ2n) is 4.70. The molecule has 7 heteroatoms. The van der Waals surface area contributed by atoms with Crippen LogP contribution in [0.4, 0.5) is 10.5 Å². The van der Waals surface area contributed by atoms with Crippen molar-refractivity contribution in [3.63, 3.8) is 0 Å². The quantitative estimate of drug-likeness (QED) is 0.893. The summed E-state index contributed by atoms with van der Waals surface area (Å²) in [4.78, 5) is 25.0. The Bertz CT molecular complexity index is 669. The molecule has 2 N–H and O–H groups in total. The number of aromatic nitrogens is 1. The zero-order chi connectivity index (χ0) is 14.8. The number of nitrogens with one attached hydrogen (secondary N) is 1. The molecular formula is C14H13N3O4. The van der Waals surface area contributed by atoms with Crippen LogP contribution >= 0.6 is 0 Å². The van der Waals surface area contributed by atoms with Crippen molar-refractivity contribution in [2.45, 2.75) is 12.5 Å². The van der Waals surface area contributed by atoms with Gasteiger partial charge in [-0.2, -0.15) is 0 Å². The molecule has 7 nitrogen and oxygen atoms in total. The fraction of sp³-hybridized carbons (Fsp3) is 0.214. The van der Waals surface area contributed by atoms with Crippen LogP contribution in [0.1, 0.15) is 17.2 Å². The smallest absolute Gasteiger partial charge is 0.322 e. The number of carbonyl (C=O) groups excluding carboxylic acids is 1. The summed E-state index contributed by atoms with van der Waals surface area (Å²) in [6.07, 6.45) is 1.49. The average molecular weight is 287 g/mol. The van der Waals surface area contributed by atoms with Gasteiger partial charge in [-0.05, 0) is 11.6 Å². The number of carboxylic acids is 1. The summed E-state index contributed by atoms with van der Waals surface area (Å²) in [6, 6.07) is 8.31. The maximum absolute atomic E-state index is 12.2. The first-order valence-electron chi connectivity index (χ1n) is 6.43. The number of benzene rings is 1. The molecule has 108 valence electrons. The van der Waals surface area contributed by atoms with E-state index >= 15 is 0 Å². The van der Waals surface area contributed by atoms with Gasteiger partial charge in [-0.25, -0.2) is 4.79 Å². The minimum absolute atomic E-state index is 0.122. The van der Waals surface area contributed by atoms with Gasteiger partial charge in [-0.1, -0.05) is 23.4 Å². The monoisotopic (exact) mass is 287 g/mol. The highest BCUT2D eigenvalue weighted by Gasteiger charge is 2.36. The lowest BCUT2D eigenvalue weighted by atomic mass is 10.0. The molecule has 0 radical (unpaired) electrons. The number of hydrogen-bond acceptors (Lipinski definition) is 4. The number of carbonyl (C=O) groups is 2. The first-order chi connectivity index (χ1) is 10.2. The van der Waals surface area contributed by atoms with E-state index in [2.05, 4.69) is 10.5 Å². The van der Waals surface area contributed by atoms with Crippen LogP contribution in [0.2, 0.25) is 0 Å². The summed E-state index contributed by atoms with van der Waals surface area (Å²) in [7, 11) is 0. The Balaban J connectivity index is 1.76. The number of para-hydroxylation sites is 1. The first-order valence-corrected chi connectivity index (χ1v) is 6.43. The highest BCUT2D eigenvalue weighted by Crippen LogP contribution is 2.36. The van der Waals surface area contributed by atoms with Gasteiger partial charge in [0.15, 0.2) is 5.76 Å². The van der Waals surface area contributed by atoms with Gasteiger partial charge in [-0.3, -0.25) is 9.69 Å². The second-order valence-corrected chi connectivity index (χ2v) is 4.70. The molecule has 3 rings (SSSR count). The molecule has 0 bridgehead atoms. The Kier molecular flexibility index (Phi) is 3.31. The highest BCUT2D eigenvalue weighted by molar-refractivity contribution is 5.97. The zero-order valence-corrected chi connectivity index (χ0v) is 11.0. The molecule has 0 aliphatic carbocycles. The van der Waals surface area contributed by atoms with Crippen molar-refractivity contribution in [1.82, 2.24) is 10.5 Å². The van der Waals surface area contributed by atoms with Crippen LogP contribution in [0.15, 0.2) is 41.1 Å². The number of rotatable bonds is 3. The van der Waals surface area contributed by atoms with Crippen LogP contribution in [0.5, 0.6) is 0 Å². The van der Waals surface area contributed by atoms with Gasteiger partial charge in [0.25, 0.3) is 0 Å². The SMILES string of the molecule is O=C(O)C1CN(C(=O)NCc2ccno2)c2ccccc21. The molecule has 2 heterocycles. The lowest BCUT2D eigenvalue weighted by Gasteiger charge is -2.17. The largest absolute Gasteiger partial charge is 0.481 e. The van der Waals surface area contributed by atoms with E-state index in [0.29, 0.717) is 17.0 Å². The van der Waals surface area contributed by atoms with E-state index in [-0.39, 0.29) is 19.1 Å². The molecule has 1 atom stereocenters. The predicted octanol–water partition coefficient (Wildman–Crippen LogP) is 1.57. The maximum atomic E-state index is 12.2. The minimum Gasteiger partial charge on any atom is -0.481 e. The van der Waals surface area contributed by atoms with Crippen molar-refractivity contribution < 1.29 is 19.2 Å². The molecule has 0 saturated carbocycles. The normalized spacial score (nSPS) is 16.6. The van der Waals surface area contributed by atoms with Crippen molar-refractivity contribution in [2.24, 2.45) is 0 Å². The summed E-state index contributed by atoms with van der Waals surface area (Å²) in [5.74, 6) is -1.10. The predicted molar refractivity (Wildman–Crippen MR) is 72.9 cm³/mol. The Morgan fingerprint density at radius 2 is 2.19 bits per heavy atom. The number of amides is 2. The third-order valence-electron chi connectivity index (χ3n) is 3.42. The molecule has 0 fully saturated rings. The van der Waals surface area contributed by atoms with Crippen molar-refractivity contribution in [2.75, 3.05) is 11.4 Å². The standard InChI is InChI=1S/C14H13N3O4/c18-13(19)11-8-17(12-4-2-1-3-10(11)12)14(20)15-7-9-5-6-16-21-9/h1-6,11H,7-8H2,(H,15,20)(H,18,19). The highest BCUT2D eigenvalue weighted by atomic mass is 16.5. The summed E-state index contributed by atoms with van der Waals surface area (Å²) < 4.78 is 4.90. The fourth-order valence-electron chi connectivity index (χ4n) is 2.40. The summed E-state index contributed by atoms with van der Waals surface area (Å²) in [5.41, 5.74) is 1.28. The van der Waals surface area contributed by atoms with E-state index in [0.717, 1.165) is 0 Å². The second kappa shape index (κ2) is 5.28. The Morgan fingerprint density at radius 3 is 2.90 bits per heavy atom. The first kappa shape index (κ1) is 13.2. The van der Waals surface area contributed by atoms with Crippen LogP contribution in [0.25, 0.3) is 0 Å². The third-order valence-corrected chi connectivity index (χ3v) is 3.42. The Hall–Kier alpha value is -2.83. The molecule has 1 aromatic carbocycles. The number of anilines is 1. The van der Waals surface area contributed by atoms with E-state index in [1.807, 2.05) is 0 Å². The number of hydrogen-bond donors (Lipinski definition) is 2. The molecule has 1 aliphatic rings. The molecule has 2 aromatic rings. The van der Waals surface area contributed by atoms with Crippen LogP contribution in [-0.4, -0.2) is 28.8 Å². The number of aliphatic carboxylic acids is 1. The minimum atomic E-state index is -0.937. The van der Waals surface area contributed by atoms with Crippen LogP contribution < -0.4 is 10.2 Å². The van der Waals surface area contributed by atoms with E-state index < -0.39 is 11.9 Å². The molecule has 21 heavy (non-hydrogen) atoms. The number of carboxylic acid groups (broad SMARTS) is 1. The lowest BCUT2D eigenvalue weighted by molar-refractivity contribution is -0.138. The van der Waals surface area contributed by atoms with Gasteiger partial charge in [-0.15, -0.1) is 0 Å². The van der Waals surface area contributed by atoms with Gasteiger partial charge in [0.1, 0.15) is 5.92 Å². The maximum Gasteiger partial charge on any atom is 0.322 e.